The topological polar surface area (TPSA) is 96.6 Å². The zero-order valence-electron chi connectivity index (χ0n) is 20.8. The van der Waals surface area contributed by atoms with Gasteiger partial charge in [0.05, 0.1) is 20.3 Å². The molecule has 5 rings (SSSR count). The van der Waals surface area contributed by atoms with E-state index in [9.17, 15) is 9.59 Å². The second-order valence-electron chi connectivity index (χ2n) is 9.05. The minimum absolute atomic E-state index is 0.0271. The van der Waals surface area contributed by atoms with Gasteiger partial charge in [-0.1, -0.05) is 24.3 Å². The summed E-state index contributed by atoms with van der Waals surface area (Å²) in [6.45, 7) is 1.20. The molecule has 190 valence electrons. The molecular formula is C29H30N4O4. The number of amides is 2. The van der Waals surface area contributed by atoms with E-state index in [1.807, 2.05) is 30.3 Å². The highest BCUT2D eigenvalue weighted by atomic mass is 16.5. The fourth-order valence-electron chi connectivity index (χ4n) is 4.76. The normalized spacial score (nSPS) is 14.9. The van der Waals surface area contributed by atoms with Crippen LogP contribution in [-0.2, 0) is 17.6 Å². The van der Waals surface area contributed by atoms with Crippen molar-refractivity contribution in [2.45, 2.75) is 19.3 Å². The molecule has 2 amide bonds. The molecule has 0 saturated carbocycles. The second-order valence-corrected chi connectivity index (χ2v) is 9.05. The van der Waals surface area contributed by atoms with Crippen LogP contribution < -0.4 is 14.8 Å². The van der Waals surface area contributed by atoms with Crippen LogP contribution in [-0.4, -0.2) is 60.0 Å². The molecule has 2 N–H and O–H groups in total. The van der Waals surface area contributed by atoms with E-state index < -0.39 is 0 Å². The average molecular weight is 499 g/mol. The number of aromatic amines is 1. The fourth-order valence-corrected chi connectivity index (χ4v) is 4.76. The molecule has 0 fully saturated rings. The third-order valence-electron chi connectivity index (χ3n) is 6.59. The van der Waals surface area contributed by atoms with Gasteiger partial charge in [0.1, 0.15) is 0 Å². The predicted octanol–water partition coefficient (Wildman–Crippen LogP) is 3.75. The molecule has 2 aromatic heterocycles. The Balaban J connectivity index is 1.45. The van der Waals surface area contributed by atoms with E-state index in [2.05, 4.69) is 27.4 Å². The summed E-state index contributed by atoms with van der Waals surface area (Å²) in [5, 5.41) is 4.16. The summed E-state index contributed by atoms with van der Waals surface area (Å²) < 4.78 is 11.6. The third kappa shape index (κ3) is 5.58. The molecule has 8 nitrogen and oxygen atoms in total. The molecular weight excluding hydrogens is 468 g/mol. The molecule has 3 heterocycles. The molecule has 8 heteroatoms. The summed E-state index contributed by atoms with van der Waals surface area (Å²) in [7, 11) is 1.62. The number of aromatic nitrogens is 2. The van der Waals surface area contributed by atoms with Crippen molar-refractivity contribution in [3.63, 3.8) is 0 Å². The summed E-state index contributed by atoms with van der Waals surface area (Å²) in [5.41, 5.74) is 4.93. The first kappa shape index (κ1) is 24.4. The Kier molecular flexibility index (Phi) is 7.35. The van der Waals surface area contributed by atoms with Crippen molar-refractivity contribution in [1.29, 1.82) is 0 Å². The van der Waals surface area contributed by atoms with Gasteiger partial charge in [0, 0.05) is 54.1 Å². The summed E-state index contributed by atoms with van der Waals surface area (Å²) >= 11 is 0. The van der Waals surface area contributed by atoms with Crippen LogP contribution in [0.3, 0.4) is 0 Å². The average Bonchev–Trinajstić information content (AvgIpc) is 3.27. The number of fused-ring (bicyclic) bond motifs is 5. The van der Waals surface area contributed by atoms with Crippen LogP contribution in [0.2, 0.25) is 0 Å². The van der Waals surface area contributed by atoms with E-state index >= 15 is 0 Å². The van der Waals surface area contributed by atoms with Crippen molar-refractivity contribution in [1.82, 2.24) is 20.2 Å². The van der Waals surface area contributed by atoms with Gasteiger partial charge in [0.15, 0.2) is 11.5 Å². The molecule has 0 spiro atoms. The van der Waals surface area contributed by atoms with Crippen LogP contribution >= 0.6 is 0 Å². The van der Waals surface area contributed by atoms with Gasteiger partial charge in [-0.3, -0.25) is 14.6 Å². The monoisotopic (exact) mass is 498 g/mol. The quantitative estimate of drug-likeness (QED) is 0.439. The van der Waals surface area contributed by atoms with Crippen LogP contribution in [0.1, 0.15) is 33.6 Å². The Bertz CT molecular complexity index is 1400. The van der Waals surface area contributed by atoms with Crippen molar-refractivity contribution in [3.05, 3.63) is 89.4 Å². The minimum Gasteiger partial charge on any atom is -0.493 e. The molecule has 2 aromatic carbocycles. The minimum atomic E-state index is -0.211. The number of ether oxygens (including phenoxy) is 2. The van der Waals surface area contributed by atoms with Gasteiger partial charge in [-0.05, 0) is 54.3 Å². The molecule has 0 aliphatic carbocycles. The highest BCUT2D eigenvalue weighted by molar-refractivity contribution is 5.96. The lowest BCUT2D eigenvalue weighted by atomic mass is 10.0. The van der Waals surface area contributed by atoms with E-state index in [0.717, 1.165) is 22.2 Å². The Morgan fingerprint density at radius 1 is 1.11 bits per heavy atom. The number of hydrogen-bond acceptors (Lipinski definition) is 5. The summed E-state index contributed by atoms with van der Waals surface area (Å²) in [6, 6.07) is 17.5. The number of pyridine rings is 1. The molecule has 1 aliphatic heterocycles. The standard InChI is InChI=1S/C29H30N4O4/c1-36-26-8-7-20-17-25-23(22-5-2-3-6-24(22)32-25)11-14-31-28(34)19-33(15-4-16-37-27(26)18-20)29(35)21-9-12-30-13-10-21/h2-3,5-10,12-13,18,32H,4,11,14-17,19H2,1H3,(H,31,34). The number of nitrogens with zero attached hydrogens (tertiary/aromatic N) is 2. The number of nitrogens with one attached hydrogen (secondary N) is 2. The number of hydrogen-bond donors (Lipinski definition) is 2. The molecule has 0 atom stereocenters. The van der Waals surface area contributed by atoms with Crippen molar-refractivity contribution < 1.29 is 19.1 Å². The number of H-pyrrole nitrogens is 1. The largest absolute Gasteiger partial charge is 0.493 e. The van der Waals surface area contributed by atoms with Crippen molar-refractivity contribution in [3.8, 4) is 11.5 Å². The summed E-state index contributed by atoms with van der Waals surface area (Å²) in [6.07, 6.45) is 5.08. The number of benzene rings is 2. The lowest BCUT2D eigenvalue weighted by molar-refractivity contribution is -0.121. The zero-order valence-corrected chi connectivity index (χ0v) is 20.8. The summed E-state index contributed by atoms with van der Waals surface area (Å²) in [4.78, 5) is 35.1. The smallest absolute Gasteiger partial charge is 0.254 e. The molecule has 0 radical (unpaired) electrons. The van der Waals surface area contributed by atoms with Crippen LogP contribution in [0.15, 0.2) is 67.0 Å². The van der Waals surface area contributed by atoms with Crippen LogP contribution in [0.5, 0.6) is 11.5 Å². The SMILES string of the molecule is COc1ccc2cc1OCCCN(C(=O)c1ccncc1)CC(=O)NCCc1c([nH]c3ccccc13)C2. The zero-order chi connectivity index (χ0) is 25.6. The highest BCUT2D eigenvalue weighted by Crippen LogP contribution is 2.31. The molecule has 37 heavy (non-hydrogen) atoms. The highest BCUT2D eigenvalue weighted by Gasteiger charge is 2.20. The van der Waals surface area contributed by atoms with Crippen LogP contribution in [0.25, 0.3) is 10.9 Å². The lowest BCUT2D eigenvalue weighted by Crippen LogP contribution is -2.42. The number of methoxy groups -OCH3 is 1. The van der Waals surface area contributed by atoms with Crippen molar-refractivity contribution in [2.75, 3.05) is 33.4 Å². The lowest BCUT2D eigenvalue weighted by Gasteiger charge is -2.23. The fraction of sp³-hybridized carbons (Fsp3) is 0.276. The first-order valence-electron chi connectivity index (χ1n) is 12.5. The maximum absolute atomic E-state index is 13.2. The van der Waals surface area contributed by atoms with E-state index in [0.29, 0.717) is 56.0 Å². The number of para-hydroxylation sites is 1. The predicted molar refractivity (Wildman–Crippen MR) is 141 cm³/mol. The van der Waals surface area contributed by atoms with Gasteiger partial charge in [-0.15, -0.1) is 0 Å². The van der Waals surface area contributed by atoms with Gasteiger partial charge in [-0.25, -0.2) is 0 Å². The number of carbonyl (C=O) groups is 2. The molecule has 0 unspecified atom stereocenters. The summed E-state index contributed by atoms with van der Waals surface area (Å²) in [5.74, 6) is 0.918. The molecule has 1 aliphatic rings. The van der Waals surface area contributed by atoms with Crippen molar-refractivity contribution in [2.24, 2.45) is 0 Å². The number of rotatable bonds is 2. The van der Waals surface area contributed by atoms with E-state index in [-0.39, 0.29) is 18.4 Å². The van der Waals surface area contributed by atoms with Gasteiger partial charge >= 0.3 is 0 Å². The van der Waals surface area contributed by atoms with Crippen LogP contribution in [0, 0.1) is 0 Å². The van der Waals surface area contributed by atoms with Gasteiger partial charge < -0.3 is 24.7 Å². The maximum atomic E-state index is 13.2. The Hall–Kier alpha value is -4.33. The molecule has 0 saturated heterocycles. The van der Waals surface area contributed by atoms with Gasteiger partial charge in [-0.2, -0.15) is 0 Å². The molecule has 2 bridgehead atoms. The molecule has 4 aromatic rings. The van der Waals surface area contributed by atoms with E-state index in [1.54, 1.807) is 36.5 Å². The maximum Gasteiger partial charge on any atom is 0.254 e. The Morgan fingerprint density at radius 3 is 2.78 bits per heavy atom. The second kappa shape index (κ2) is 11.2. The third-order valence-corrected chi connectivity index (χ3v) is 6.59. The van der Waals surface area contributed by atoms with Gasteiger partial charge in [0.2, 0.25) is 5.91 Å². The van der Waals surface area contributed by atoms with Crippen LogP contribution in [0.4, 0.5) is 0 Å². The van der Waals surface area contributed by atoms with Crippen molar-refractivity contribution >= 4 is 22.7 Å². The van der Waals surface area contributed by atoms with E-state index in [4.69, 9.17) is 9.47 Å². The Labute approximate surface area is 215 Å². The Morgan fingerprint density at radius 2 is 1.95 bits per heavy atom. The first-order valence-corrected chi connectivity index (χ1v) is 12.5. The van der Waals surface area contributed by atoms with E-state index in [1.165, 1.54) is 5.56 Å². The first-order chi connectivity index (χ1) is 18.1. The number of carbonyl (C=O) groups excluding carboxylic acids is 2. The van der Waals surface area contributed by atoms with Gasteiger partial charge in [0.25, 0.3) is 5.91 Å².